The van der Waals surface area contributed by atoms with Crippen LogP contribution in [0.15, 0.2) is 12.1 Å². The fourth-order valence-electron chi connectivity index (χ4n) is 4.83. The van der Waals surface area contributed by atoms with E-state index >= 15 is 0 Å². The summed E-state index contributed by atoms with van der Waals surface area (Å²) in [4.78, 5) is 0. The molecule has 24 heavy (non-hydrogen) atoms. The van der Waals surface area contributed by atoms with Crippen molar-refractivity contribution in [2.24, 2.45) is 23.7 Å². The largest absolute Gasteiger partial charge is 0.388 e. The molecular formula is C21H30F2O. The van der Waals surface area contributed by atoms with Crippen LogP contribution < -0.4 is 0 Å². The maximum atomic E-state index is 14.1. The standard InChI is InChI=1S/C21H30F2O/c1-13-3-6-15(7-4-13)16-8-10-17(11-9-16)21(24)18-12-5-14(2)19(22)20(18)23/h5,12-13,15-17,21,24H,3-4,6-11H2,1-2H3. The number of hydrogen-bond acceptors (Lipinski definition) is 1. The highest BCUT2D eigenvalue weighted by atomic mass is 19.2. The molecule has 0 amide bonds. The minimum Gasteiger partial charge on any atom is -0.388 e. The molecule has 1 N–H and O–H groups in total. The van der Waals surface area contributed by atoms with Crippen LogP contribution in [0, 0.1) is 42.2 Å². The third kappa shape index (κ3) is 3.66. The summed E-state index contributed by atoms with van der Waals surface area (Å²) < 4.78 is 27.9. The predicted octanol–water partition coefficient (Wildman–Crippen LogP) is 5.94. The van der Waals surface area contributed by atoms with Crippen molar-refractivity contribution in [2.45, 2.75) is 71.3 Å². The molecule has 0 saturated heterocycles. The Kier molecular flexibility index (Phi) is 5.59. The van der Waals surface area contributed by atoms with Crippen LogP contribution in [0.25, 0.3) is 0 Å². The summed E-state index contributed by atoms with van der Waals surface area (Å²) in [5, 5.41) is 10.6. The molecule has 1 aromatic carbocycles. The molecule has 2 saturated carbocycles. The van der Waals surface area contributed by atoms with E-state index in [1.165, 1.54) is 25.7 Å². The van der Waals surface area contributed by atoms with Crippen LogP contribution in [-0.2, 0) is 0 Å². The molecule has 0 bridgehead atoms. The van der Waals surface area contributed by atoms with Crippen LogP contribution in [0.1, 0.15) is 75.5 Å². The first-order chi connectivity index (χ1) is 11.5. The van der Waals surface area contributed by atoms with Crippen LogP contribution in [-0.4, -0.2) is 5.11 Å². The second-order valence-corrected chi connectivity index (χ2v) is 8.24. The molecule has 2 fully saturated rings. The van der Waals surface area contributed by atoms with Gasteiger partial charge in [-0.2, -0.15) is 0 Å². The fourth-order valence-corrected chi connectivity index (χ4v) is 4.83. The summed E-state index contributed by atoms with van der Waals surface area (Å²) in [6, 6.07) is 3.11. The average Bonchev–Trinajstić information content (AvgIpc) is 2.60. The molecule has 1 unspecified atom stereocenters. The van der Waals surface area contributed by atoms with Gasteiger partial charge < -0.3 is 5.11 Å². The van der Waals surface area contributed by atoms with Crippen molar-refractivity contribution in [1.29, 1.82) is 0 Å². The van der Waals surface area contributed by atoms with Crippen LogP contribution in [0.4, 0.5) is 8.78 Å². The van der Waals surface area contributed by atoms with Crippen molar-refractivity contribution < 1.29 is 13.9 Å². The zero-order valence-electron chi connectivity index (χ0n) is 14.9. The van der Waals surface area contributed by atoms with E-state index in [0.717, 1.165) is 43.4 Å². The quantitative estimate of drug-likeness (QED) is 0.724. The lowest BCUT2D eigenvalue weighted by Crippen LogP contribution is -2.27. The summed E-state index contributed by atoms with van der Waals surface area (Å²) >= 11 is 0. The van der Waals surface area contributed by atoms with Gasteiger partial charge in [0.25, 0.3) is 0 Å². The number of hydrogen-bond donors (Lipinski definition) is 1. The first-order valence-electron chi connectivity index (χ1n) is 9.60. The van der Waals surface area contributed by atoms with Gasteiger partial charge in [0.15, 0.2) is 11.6 Å². The lowest BCUT2D eigenvalue weighted by atomic mass is 9.68. The lowest BCUT2D eigenvalue weighted by molar-refractivity contribution is 0.0544. The smallest absolute Gasteiger partial charge is 0.164 e. The van der Waals surface area contributed by atoms with E-state index in [1.54, 1.807) is 19.1 Å². The Labute approximate surface area is 144 Å². The average molecular weight is 336 g/mol. The molecule has 2 aliphatic rings. The monoisotopic (exact) mass is 336 g/mol. The Balaban J connectivity index is 1.59. The lowest BCUT2D eigenvalue weighted by Gasteiger charge is -2.38. The van der Waals surface area contributed by atoms with Gasteiger partial charge in [-0.05, 0) is 74.7 Å². The zero-order chi connectivity index (χ0) is 17.3. The van der Waals surface area contributed by atoms with Gasteiger partial charge in [0.1, 0.15) is 0 Å². The Morgan fingerprint density at radius 2 is 1.42 bits per heavy atom. The third-order valence-electron chi connectivity index (χ3n) is 6.61. The number of benzene rings is 1. The van der Waals surface area contributed by atoms with Crippen LogP contribution in [0.2, 0.25) is 0 Å². The van der Waals surface area contributed by atoms with Crippen LogP contribution >= 0.6 is 0 Å². The maximum Gasteiger partial charge on any atom is 0.164 e. The Morgan fingerprint density at radius 3 is 2.00 bits per heavy atom. The number of aliphatic hydroxyl groups is 1. The van der Waals surface area contributed by atoms with E-state index in [0.29, 0.717) is 5.56 Å². The van der Waals surface area contributed by atoms with Gasteiger partial charge in [0.05, 0.1) is 6.10 Å². The summed E-state index contributed by atoms with van der Waals surface area (Å²) in [6.45, 7) is 3.89. The summed E-state index contributed by atoms with van der Waals surface area (Å²) in [7, 11) is 0. The van der Waals surface area contributed by atoms with Gasteiger partial charge in [-0.15, -0.1) is 0 Å². The molecule has 3 heteroatoms. The number of aliphatic hydroxyl groups excluding tert-OH is 1. The topological polar surface area (TPSA) is 20.2 Å². The molecule has 0 aliphatic heterocycles. The van der Waals surface area contributed by atoms with Crippen LogP contribution in [0.3, 0.4) is 0 Å². The number of aryl methyl sites for hydroxylation is 1. The molecule has 1 atom stereocenters. The predicted molar refractivity (Wildman–Crippen MR) is 92.6 cm³/mol. The van der Waals surface area contributed by atoms with Crippen molar-refractivity contribution in [2.75, 3.05) is 0 Å². The summed E-state index contributed by atoms with van der Waals surface area (Å²) in [6.07, 6.45) is 8.59. The minimum absolute atomic E-state index is 0.0559. The maximum absolute atomic E-state index is 14.1. The Hall–Kier alpha value is -0.960. The minimum atomic E-state index is -0.882. The molecule has 2 aliphatic carbocycles. The summed E-state index contributed by atoms with van der Waals surface area (Å²) in [5.41, 5.74) is 0.423. The van der Waals surface area contributed by atoms with Crippen molar-refractivity contribution in [3.8, 4) is 0 Å². The molecule has 1 nitrogen and oxygen atoms in total. The first kappa shape index (κ1) is 17.8. The molecule has 134 valence electrons. The Bertz CT molecular complexity index is 555. The zero-order valence-corrected chi connectivity index (χ0v) is 14.9. The van der Waals surface area contributed by atoms with E-state index < -0.39 is 17.7 Å². The van der Waals surface area contributed by atoms with Gasteiger partial charge in [-0.1, -0.05) is 31.9 Å². The van der Waals surface area contributed by atoms with Gasteiger partial charge in [0.2, 0.25) is 0 Å². The molecule has 1 aromatic rings. The second kappa shape index (κ2) is 7.51. The van der Waals surface area contributed by atoms with Gasteiger partial charge in [-0.3, -0.25) is 0 Å². The van der Waals surface area contributed by atoms with E-state index in [-0.39, 0.29) is 11.5 Å². The highest BCUT2D eigenvalue weighted by Gasteiger charge is 2.33. The van der Waals surface area contributed by atoms with Crippen molar-refractivity contribution >= 4 is 0 Å². The highest BCUT2D eigenvalue weighted by Crippen LogP contribution is 2.44. The molecule has 0 spiro atoms. The van der Waals surface area contributed by atoms with Crippen LogP contribution in [0.5, 0.6) is 0 Å². The van der Waals surface area contributed by atoms with E-state index in [4.69, 9.17) is 0 Å². The van der Waals surface area contributed by atoms with E-state index in [2.05, 4.69) is 6.92 Å². The third-order valence-corrected chi connectivity index (χ3v) is 6.61. The van der Waals surface area contributed by atoms with Gasteiger partial charge in [-0.25, -0.2) is 8.78 Å². The second-order valence-electron chi connectivity index (χ2n) is 8.24. The van der Waals surface area contributed by atoms with Crippen molar-refractivity contribution in [3.63, 3.8) is 0 Å². The SMILES string of the molecule is Cc1ccc(C(O)C2CCC(C3CCC(C)CC3)CC2)c(F)c1F. The van der Waals surface area contributed by atoms with E-state index in [1.807, 2.05) is 0 Å². The summed E-state index contributed by atoms with van der Waals surface area (Å²) in [5.74, 6) is 0.843. The van der Waals surface area contributed by atoms with Crippen molar-refractivity contribution in [1.82, 2.24) is 0 Å². The number of halogens is 2. The molecular weight excluding hydrogens is 306 g/mol. The fraction of sp³-hybridized carbons (Fsp3) is 0.714. The molecule has 0 radical (unpaired) electrons. The highest BCUT2D eigenvalue weighted by molar-refractivity contribution is 5.27. The first-order valence-corrected chi connectivity index (χ1v) is 9.60. The Morgan fingerprint density at radius 1 is 0.875 bits per heavy atom. The number of rotatable bonds is 3. The normalized spacial score (nSPS) is 32.5. The van der Waals surface area contributed by atoms with Crippen molar-refractivity contribution in [3.05, 3.63) is 34.9 Å². The van der Waals surface area contributed by atoms with E-state index in [9.17, 15) is 13.9 Å². The molecule has 0 aromatic heterocycles. The molecule has 0 heterocycles. The van der Waals surface area contributed by atoms with Gasteiger partial charge in [0, 0.05) is 5.56 Å². The molecule has 3 rings (SSSR count). The van der Waals surface area contributed by atoms with Gasteiger partial charge >= 0.3 is 0 Å².